The number of rotatable bonds is 2. The number of alkyl halides is 1. The van der Waals surface area contributed by atoms with Crippen molar-refractivity contribution in [2.45, 2.75) is 17.2 Å². The topological polar surface area (TPSA) is 53.5 Å². The summed E-state index contributed by atoms with van der Waals surface area (Å²) in [4.78, 5) is 12.1. The van der Waals surface area contributed by atoms with Gasteiger partial charge >= 0.3 is 6.03 Å². The van der Waals surface area contributed by atoms with Gasteiger partial charge in [0.2, 0.25) is 0 Å². The summed E-state index contributed by atoms with van der Waals surface area (Å²) in [5.74, 6) is 5.53. The predicted octanol–water partition coefficient (Wildman–Crippen LogP) is 3.46. The highest BCUT2D eigenvalue weighted by atomic mass is 79.9. The van der Waals surface area contributed by atoms with Crippen molar-refractivity contribution in [3.63, 3.8) is 0 Å². The molecule has 6 aliphatic rings. The number of hydrazone groups is 1. The Morgan fingerprint density at radius 2 is 2.04 bits per heavy atom. The Balaban J connectivity index is 1.25. The third-order valence-corrected chi connectivity index (χ3v) is 8.72. The predicted molar refractivity (Wildman–Crippen MR) is 91.4 cm³/mol. The molecule has 1 aromatic carbocycles. The van der Waals surface area contributed by atoms with E-state index in [1.54, 1.807) is 0 Å². The summed E-state index contributed by atoms with van der Waals surface area (Å²) in [6.45, 7) is 0. The molecule has 6 fully saturated rings. The van der Waals surface area contributed by atoms with E-state index in [0.717, 1.165) is 35.3 Å². The summed E-state index contributed by atoms with van der Waals surface area (Å²) in [7, 11) is 0. The summed E-state index contributed by atoms with van der Waals surface area (Å²) < 4.78 is 0.307. The van der Waals surface area contributed by atoms with Gasteiger partial charge in [0.25, 0.3) is 0 Å². The van der Waals surface area contributed by atoms with Crippen LogP contribution in [-0.2, 0) is 0 Å². The fourth-order valence-electron chi connectivity index (χ4n) is 7.16. The molecule has 0 unspecified atom stereocenters. The number of carbonyl (C=O) groups is 1. The maximum Gasteiger partial charge on any atom is 0.339 e. The van der Waals surface area contributed by atoms with Gasteiger partial charge in [-0.2, -0.15) is 5.10 Å². The van der Waals surface area contributed by atoms with E-state index in [0.29, 0.717) is 16.2 Å². The van der Waals surface area contributed by atoms with Crippen LogP contribution < -0.4 is 10.7 Å². The van der Waals surface area contributed by atoms with Crippen LogP contribution in [0.1, 0.15) is 12.8 Å². The first-order chi connectivity index (χ1) is 11.2. The van der Waals surface area contributed by atoms with Gasteiger partial charge in [0.05, 0.1) is 0 Å². The first kappa shape index (κ1) is 13.0. The lowest BCUT2D eigenvalue weighted by Crippen LogP contribution is -2.39. The third kappa shape index (κ3) is 1.36. The molecule has 0 aromatic heterocycles. The number of hydrogen-bond acceptors (Lipinski definition) is 2. The molecule has 0 spiro atoms. The van der Waals surface area contributed by atoms with Gasteiger partial charge in [0.15, 0.2) is 0 Å². The minimum atomic E-state index is -0.245. The van der Waals surface area contributed by atoms with Crippen LogP contribution in [0.5, 0.6) is 0 Å². The number of nitrogens with one attached hydrogen (secondary N) is 2. The van der Waals surface area contributed by atoms with Crippen molar-refractivity contribution in [3.8, 4) is 0 Å². The monoisotopic (exact) mass is 371 g/mol. The number of hydrogen-bond donors (Lipinski definition) is 2. The Morgan fingerprint density at radius 3 is 2.83 bits per heavy atom. The zero-order valence-corrected chi connectivity index (χ0v) is 14.2. The smallest absolute Gasteiger partial charge is 0.307 e. The second-order valence-electron chi connectivity index (χ2n) is 7.93. The highest BCUT2D eigenvalue weighted by Gasteiger charge is 2.84. The van der Waals surface area contributed by atoms with E-state index < -0.39 is 0 Å². The van der Waals surface area contributed by atoms with Gasteiger partial charge in [-0.15, -0.1) is 0 Å². The average molecular weight is 372 g/mol. The van der Waals surface area contributed by atoms with Crippen LogP contribution in [0, 0.1) is 41.4 Å². The molecule has 0 heterocycles. The molecule has 23 heavy (non-hydrogen) atoms. The molecule has 5 heteroatoms. The number of halogens is 1. The molecule has 118 valence electrons. The van der Waals surface area contributed by atoms with E-state index in [9.17, 15) is 4.79 Å². The van der Waals surface area contributed by atoms with Gasteiger partial charge < -0.3 is 5.32 Å². The number of para-hydroxylation sites is 1. The lowest BCUT2D eigenvalue weighted by molar-refractivity contribution is 0.149. The van der Waals surface area contributed by atoms with Crippen molar-refractivity contribution in [1.29, 1.82) is 0 Å². The Morgan fingerprint density at radius 1 is 1.22 bits per heavy atom. The van der Waals surface area contributed by atoms with E-state index in [-0.39, 0.29) is 6.03 Å². The molecule has 8 atom stereocenters. The van der Waals surface area contributed by atoms with Crippen LogP contribution in [0.3, 0.4) is 0 Å². The fourth-order valence-corrected chi connectivity index (χ4v) is 8.70. The van der Waals surface area contributed by atoms with Gasteiger partial charge in [-0.05, 0) is 54.6 Å². The van der Waals surface area contributed by atoms with Crippen molar-refractivity contribution in [2.75, 3.05) is 5.32 Å². The van der Waals surface area contributed by atoms with Crippen LogP contribution in [-0.4, -0.2) is 16.1 Å². The standard InChI is InChI=1S/C18H18BrN3O/c19-18-7-11-9-6-10-12(11)15(18)16(13(10)14(9)18)21-22-17(23)20-8-4-2-1-3-5-8/h1-5,9-15H,6-7H2,(H2,20,22,23)/b21-16-/t9-,10-,11+,12-,13+,14-,15+,18-/m0/s1. The van der Waals surface area contributed by atoms with Crippen molar-refractivity contribution in [1.82, 2.24) is 5.43 Å². The summed E-state index contributed by atoms with van der Waals surface area (Å²) in [6.07, 6.45) is 2.74. The molecule has 7 rings (SSSR count). The number of urea groups is 1. The Bertz CT molecular complexity index is 750. The number of amides is 2. The lowest BCUT2D eigenvalue weighted by Gasteiger charge is -2.37. The van der Waals surface area contributed by atoms with E-state index in [4.69, 9.17) is 0 Å². The van der Waals surface area contributed by atoms with Crippen molar-refractivity contribution in [2.24, 2.45) is 46.5 Å². The molecule has 6 bridgehead atoms. The fraction of sp³-hybridized carbons (Fsp3) is 0.556. The van der Waals surface area contributed by atoms with E-state index in [2.05, 4.69) is 31.8 Å². The number of carbonyl (C=O) groups excluding carboxylic acids is 1. The van der Waals surface area contributed by atoms with Crippen LogP contribution in [0.2, 0.25) is 0 Å². The van der Waals surface area contributed by atoms with Gasteiger partial charge in [-0.3, -0.25) is 0 Å². The largest absolute Gasteiger partial charge is 0.339 e. The second kappa shape index (κ2) is 4.00. The summed E-state index contributed by atoms with van der Waals surface area (Å²) in [5, 5.41) is 7.45. The summed E-state index contributed by atoms with van der Waals surface area (Å²) >= 11 is 4.11. The van der Waals surface area contributed by atoms with Crippen molar-refractivity contribution in [3.05, 3.63) is 30.3 Å². The minimum absolute atomic E-state index is 0.245. The Hall–Kier alpha value is -1.36. The molecule has 6 aliphatic carbocycles. The minimum Gasteiger partial charge on any atom is -0.307 e. The maximum atomic E-state index is 12.1. The quantitative estimate of drug-likeness (QED) is 0.606. The van der Waals surface area contributed by atoms with Gasteiger partial charge in [-0.25, -0.2) is 10.2 Å². The first-order valence-corrected chi connectivity index (χ1v) is 9.36. The molecule has 4 nitrogen and oxygen atoms in total. The molecular weight excluding hydrogens is 354 g/mol. The van der Waals surface area contributed by atoms with Crippen molar-refractivity contribution < 1.29 is 4.79 Å². The lowest BCUT2D eigenvalue weighted by atomic mass is 9.71. The van der Waals surface area contributed by atoms with E-state index >= 15 is 0 Å². The highest BCUT2D eigenvalue weighted by Crippen LogP contribution is 2.85. The van der Waals surface area contributed by atoms with Crippen LogP contribution in [0.4, 0.5) is 10.5 Å². The molecule has 0 saturated heterocycles. The van der Waals surface area contributed by atoms with Crippen LogP contribution in [0.25, 0.3) is 0 Å². The number of benzene rings is 1. The number of anilines is 1. The zero-order valence-electron chi connectivity index (χ0n) is 12.6. The molecular formula is C18H18BrN3O. The highest BCUT2D eigenvalue weighted by molar-refractivity contribution is 9.10. The van der Waals surface area contributed by atoms with Crippen LogP contribution in [0.15, 0.2) is 35.4 Å². The summed E-state index contributed by atoms with van der Waals surface area (Å²) in [5.41, 5.74) is 4.83. The third-order valence-electron chi connectivity index (χ3n) is 7.38. The SMILES string of the molecule is O=C(N/N=C1/[C@@H]2[C@H]3C[C@H]4[C@H]5C[C@](Br)([C@@H]42)[C@@H]1[C@H]53)Nc1ccccc1. The molecule has 0 radical (unpaired) electrons. The van der Waals surface area contributed by atoms with Gasteiger partial charge in [0, 0.05) is 27.6 Å². The van der Waals surface area contributed by atoms with Crippen LogP contribution >= 0.6 is 15.9 Å². The Kier molecular flexibility index (Phi) is 2.26. The molecule has 2 N–H and O–H groups in total. The molecule has 0 aliphatic heterocycles. The first-order valence-electron chi connectivity index (χ1n) is 8.57. The molecule has 2 amide bonds. The van der Waals surface area contributed by atoms with Gasteiger partial charge in [-0.1, -0.05) is 34.1 Å². The number of nitrogens with zero attached hydrogens (tertiary/aromatic N) is 1. The second-order valence-corrected chi connectivity index (χ2v) is 9.41. The zero-order chi connectivity index (χ0) is 15.3. The maximum absolute atomic E-state index is 12.1. The molecule has 6 saturated carbocycles. The summed E-state index contributed by atoms with van der Waals surface area (Å²) in [6, 6.07) is 9.26. The normalized spacial score (nSPS) is 51.3. The van der Waals surface area contributed by atoms with Crippen molar-refractivity contribution >= 4 is 33.4 Å². The Labute approximate surface area is 143 Å². The van der Waals surface area contributed by atoms with E-state index in [1.807, 2.05) is 30.3 Å². The molecule has 1 aromatic rings. The van der Waals surface area contributed by atoms with Gasteiger partial charge in [0.1, 0.15) is 0 Å². The average Bonchev–Trinajstić information content (AvgIpc) is 3.24. The van der Waals surface area contributed by atoms with E-state index in [1.165, 1.54) is 18.6 Å².